The first kappa shape index (κ1) is 12.3. The number of hydrogen-bond donors (Lipinski definition) is 1. The van der Waals surface area contributed by atoms with E-state index in [0.29, 0.717) is 5.92 Å². The zero-order valence-corrected chi connectivity index (χ0v) is 11.5. The molecule has 0 bridgehead atoms. The lowest BCUT2D eigenvalue weighted by Crippen LogP contribution is -2.24. The van der Waals surface area contributed by atoms with E-state index < -0.39 is 0 Å². The van der Waals surface area contributed by atoms with Gasteiger partial charge in [0.2, 0.25) is 0 Å². The van der Waals surface area contributed by atoms with Gasteiger partial charge in [0.05, 0.1) is 0 Å². The van der Waals surface area contributed by atoms with Gasteiger partial charge in [-0.1, -0.05) is 49.4 Å². The molecule has 0 aromatic heterocycles. The first-order valence-corrected chi connectivity index (χ1v) is 7.24. The number of anilines is 1. The van der Waals surface area contributed by atoms with Crippen LogP contribution in [0.1, 0.15) is 23.6 Å². The zero-order valence-electron chi connectivity index (χ0n) is 11.5. The van der Waals surface area contributed by atoms with E-state index in [-0.39, 0.29) is 0 Å². The van der Waals surface area contributed by atoms with Crippen LogP contribution in [0.15, 0.2) is 48.5 Å². The Bertz CT molecular complexity index is 542. The second kappa shape index (κ2) is 5.48. The summed E-state index contributed by atoms with van der Waals surface area (Å²) in [5, 5.41) is 3.56. The fourth-order valence-electron chi connectivity index (χ4n) is 2.90. The zero-order chi connectivity index (χ0) is 13.1. The summed E-state index contributed by atoms with van der Waals surface area (Å²) in [6.45, 7) is 3.30. The summed E-state index contributed by atoms with van der Waals surface area (Å²) in [4.78, 5) is 0. The molecule has 1 aliphatic rings. The summed E-state index contributed by atoms with van der Waals surface area (Å²) in [5.74, 6) is 0.711. The molecule has 98 valence electrons. The van der Waals surface area contributed by atoms with E-state index in [4.69, 9.17) is 0 Å². The highest BCUT2D eigenvalue weighted by Gasteiger charge is 2.17. The molecule has 3 rings (SSSR count). The van der Waals surface area contributed by atoms with Crippen molar-refractivity contribution in [1.82, 2.24) is 0 Å². The van der Waals surface area contributed by atoms with Gasteiger partial charge in [0, 0.05) is 12.2 Å². The third-order valence-corrected chi connectivity index (χ3v) is 4.06. The van der Waals surface area contributed by atoms with E-state index in [0.717, 1.165) is 13.0 Å². The predicted octanol–water partition coefficient (Wildman–Crippen LogP) is 4.08. The molecule has 2 aromatic carbocycles. The fourth-order valence-corrected chi connectivity index (χ4v) is 2.90. The summed E-state index contributed by atoms with van der Waals surface area (Å²) in [6.07, 6.45) is 3.49. The van der Waals surface area contributed by atoms with Gasteiger partial charge in [0.15, 0.2) is 0 Å². The SMILES string of the molecule is CCc1ccc(CC2CNc3ccccc3C2)cc1. The van der Waals surface area contributed by atoms with Crippen LogP contribution < -0.4 is 5.32 Å². The summed E-state index contributed by atoms with van der Waals surface area (Å²) in [6, 6.07) is 17.8. The maximum absolute atomic E-state index is 3.56. The third kappa shape index (κ3) is 2.81. The highest BCUT2D eigenvalue weighted by Crippen LogP contribution is 2.26. The first-order chi connectivity index (χ1) is 9.35. The molecule has 0 amide bonds. The van der Waals surface area contributed by atoms with Crippen LogP contribution in [0.5, 0.6) is 0 Å². The maximum atomic E-state index is 3.56. The molecule has 1 nitrogen and oxygen atoms in total. The number of aryl methyl sites for hydroxylation is 1. The Balaban J connectivity index is 1.68. The fraction of sp³-hybridized carbons (Fsp3) is 0.333. The first-order valence-electron chi connectivity index (χ1n) is 7.24. The molecule has 0 spiro atoms. The van der Waals surface area contributed by atoms with Gasteiger partial charge < -0.3 is 5.32 Å². The van der Waals surface area contributed by atoms with Gasteiger partial charge in [-0.3, -0.25) is 0 Å². The summed E-state index contributed by atoms with van der Waals surface area (Å²) < 4.78 is 0. The summed E-state index contributed by atoms with van der Waals surface area (Å²) >= 11 is 0. The van der Waals surface area contributed by atoms with Crippen LogP contribution in [0.2, 0.25) is 0 Å². The van der Waals surface area contributed by atoms with Crippen LogP contribution in [0.3, 0.4) is 0 Å². The number of hydrogen-bond acceptors (Lipinski definition) is 1. The predicted molar refractivity (Wildman–Crippen MR) is 81.6 cm³/mol. The molecule has 0 saturated heterocycles. The lowest BCUT2D eigenvalue weighted by Gasteiger charge is -2.26. The number of benzene rings is 2. The molecule has 0 saturated carbocycles. The molecule has 1 N–H and O–H groups in total. The van der Waals surface area contributed by atoms with Crippen molar-refractivity contribution in [2.75, 3.05) is 11.9 Å². The Kier molecular flexibility index (Phi) is 3.54. The topological polar surface area (TPSA) is 12.0 Å². The van der Waals surface area contributed by atoms with Crippen molar-refractivity contribution in [2.24, 2.45) is 5.92 Å². The summed E-state index contributed by atoms with van der Waals surface area (Å²) in [7, 11) is 0. The number of fused-ring (bicyclic) bond motifs is 1. The Morgan fingerprint density at radius 1 is 1.00 bits per heavy atom. The van der Waals surface area contributed by atoms with Crippen molar-refractivity contribution in [1.29, 1.82) is 0 Å². The van der Waals surface area contributed by atoms with Crippen molar-refractivity contribution in [3.8, 4) is 0 Å². The minimum absolute atomic E-state index is 0.711. The molecular weight excluding hydrogens is 230 g/mol. The van der Waals surface area contributed by atoms with Crippen LogP contribution >= 0.6 is 0 Å². The Morgan fingerprint density at radius 2 is 1.74 bits per heavy atom. The monoisotopic (exact) mass is 251 g/mol. The highest BCUT2D eigenvalue weighted by molar-refractivity contribution is 5.53. The van der Waals surface area contributed by atoms with Crippen LogP contribution in [0, 0.1) is 5.92 Å². The molecule has 2 aromatic rings. The normalized spacial score (nSPS) is 17.6. The van der Waals surface area contributed by atoms with E-state index in [1.165, 1.54) is 35.2 Å². The molecule has 0 aliphatic carbocycles. The van der Waals surface area contributed by atoms with Gasteiger partial charge in [-0.05, 0) is 47.9 Å². The van der Waals surface area contributed by atoms with Crippen LogP contribution in [0.4, 0.5) is 5.69 Å². The number of rotatable bonds is 3. The minimum Gasteiger partial charge on any atom is -0.385 e. The van der Waals surface area contributed by atoms with Crippen molar-refractivity contribution in [2.45, 2.75) is 26.2 Å². The number of para-hydroxylation sites is 1. The van der Waals surface area contributed by atoms with Gasteiger partial charge in [-0.15, -0.1) is 0 Å². The van der Waals surface area contributed by atoms with E-state index in [1.54, 1.807) is 0 Å². The number of nitrogens with one attached hydrogen (secondary N) is 1. The smallest absolute Gasteiger partial charge is 0.0372 e. The molecule has 1 atom stereocenters. The van der Waals surface area contributed by atoms with Crippen molar-refractivity contribution >= 4 is 5.69 Å². The van der Waals surface area contributed by atoms with Gasteiger partial charge in [-0.25, -0.2) is 0 Å². The van der Waals surface area contributed by atoms with Crippen molar-refractivity contribution < 1.29 is 0 Å². The lowest BCUT2D eigenvalue weighted by molar-refractivity contribution is 0.535. The largest absolute Gasteiger partial charge is 0.385 e. The third-order valence-electron chi connectivity index (χ3n) is 4.06. The molecular formula is C18H21N. The summed E-state index contributed by atoms with van der Waals surface area (Å²) in [5.41, 5.74) is 5.67. The lowest BCUT2D eigenvalue weighted by atomic mass is 9.89. The van der Waals surface area contributed by atoms with Crippen molar-refractivity contribution in [3.63, 3.8) is 0 Å². The van der Waals surface area contributed by atoms with E-state index >= 15 is 0 Å². The highest BCUT2D eigenvalue weighted by atomic mass is 14.9. The van der Waals surface area contributed by atoms with Gasteiger partial charge in [0.25, 0.3) is 0 Å². The molecule has 1 aliphatic heterocycles. The van der Waals surface area contributed by atoms with Crippen LogP contribution in [0.25, 0.3) is 0 Å². The minimum atomic E-state index is 0.711. The maximum Gasteiger partial charge on any atom is 0.0372 e. The Morgan fingerprint density at radius 3 is 2.53 bits per heavy atom. The standard InChI is InChI=1S/C18H21N/c1-2-14-7-9-15(10-8-14)11-16-12-17-5-3-4-6-18(17)19-13-16/h3-10,16,19H,2,11-13H2,1H3. The van der Waals surface area contributed by atoms with Gasteiger partial charge in [-0.2, -0.15) is 0 Å². The second-order valence-electron chi connectivity index (χ2n) is 5.48. The average molecular weight is 251 g/mol. The molecule has 1 heterocycles. The molecule has 0 radical (unpaired) electrons. The second-order valence-corrected chi connectivity index (χ2v) is 5.48. The van der Waals surface area contributed by atoms with E-state index in [9.17, 15) is 0 Å². The Hall–Kier alpha value is -1.76. The molecule has 1 heteroatoms. The molecule has 19 heavy (non-hydrogen) atoms. The molecule has 1 unspecified atom stereocenters. The van der Waals surface area contributed by atoms with E-state index in [1.807, 2.05) is 0 Å². The van der Waals surface area contributed by atoms with Crippen LogP contribution in [-0.4, -0.2) is 6.54 Å². The van der Waals surface area contributed by atoms with Crippen LogP contribution in [-0.2, 0) is 19.3 Å². The average Bonchev–Trinajstić information content (AvgIpc) is 2.48. The molecule has 0 fully saturated rings. The van der Waals surface area contributed by atoms with E-state index in [2.05, 4.69) is 60.8 Å². The Labute approximate surface area is 115 Å². The van der Waals surface area contributed by atoms with Crippen molar-refractivity contribution in [3.05, 3.63) is 65.2 Å². The van der Waals surface area contributed by atoms with Gasteiger partial charge in [0.1, 0.15) is 0 Å². The quantitative estimate of drug-likeness (QED) is 0.867. The van der Waals surface area contributed by atoms with Gasteiger partial charge >= 0.3 is 0 Å².